The number of thiazole rings is 1. The number of fused-ring (bicyclic) bond motifs is 1. The molecule has 5 nitrogen and oxygen atoms in total. The molecular formula is C23H23N3O2S. The number of aryl methyl sites for hydroxylation is 1. The molecule has 0 saturated carbocycles. The van der Waals surface area contributed by atoms with Gasteiger partial charge in [0.25, 0.3) is 5.91 Å². The molecule has 1 unspecified atom stereocenters. The Morgan fingerprint density at radius 2 is 1.76 bits per heavy atom. The van der Waals surface area contributed by atoms with E-state index in [-0.39, 0.29) is 17.7 Å². The first-order valence-electron chi connectivity index (χ1n) is 9.88. The van der Waals surface area contributed by atoms with Gasteiger partial charge >= 0.3 is 0 Å². The summed E-state index contributed by atoms with van der Waals surface area (Å²) in [6.45, 7) is 0.608. The number of anilines is 1. The molecule has 1 aromatic heterocycles. The molecule has 6 heteroatoms. The standard InChI is InChI=1S/C23H23N3O2S/c27-21(17-10-5-2-6-11-17)26-23-25-20-18(12-7-13-19(20)29-23)22(28)24-15-14-16-8-3-1-4-9-16/h1-6,8-11,18H,7,12-15H2,(H,24,28)(H,25,26,27). The predicted octanol–water partition coefficient (Wildman–Crippen LogP) is 4.17. The quantitative estimate of drug-likeness (QED) is 0.646. The van der Waals surface area contributed by atoms with Gasteiger partial charge < -0.3 is 5.32 Å². The third kappa shape index (κ3) is 4.71. The molecule has 1 aliphatic carbocycles. The average molecular weight is 406 g/mol. The van der Waals surface area contributed by atoms with Gasteiger partial charge in [-0.2, -0.15) is 0 Å². The van der Waals surface area contributed by atoms with Crippen LogP contribution in [-0.2, 0) is 17.6 Å². The molecule has 2 N–H and O–H groups in total. The van der Waals surface area contributed by atoms with Gasteiger partial charge in [-0.3, -0.25) is 14.9 Å². The maximum absolute atomic E-state index is 12.8. The second-order valence-corrected chi connectivity index (χ2v) is 8.20. The first kappa shape index (κ1) is 19.3. The van der Waals surface area contributed by atoms with Crippen molar-refractivity contribution in [3.8, 4) is 0 Å². The molecule has 1 heterocycles. The summed E-state index contributed by atoms with van der Waals surface area (Å²) in [5, 5.41) is 6.50. The van der Waals surface area contributed by atoms with E-state index in [4.69, 9.17) is 0 Å². The molecule has 2 aromatic carbocycles. The lowest BCUT2D eigenvalue weighted by molar-refractivity contribution is -0.122. The number of amides is 2. The second kappa shape index (κ2) is 9.01. The zero-order valence-corrected chi connectivity index (χ0v) is 16.9. The highest BCUT2D eigenvalue weighted by Gasteiger charge is 2.30. The lowest BCUT2D eigenvalue weighted by atomic mass is 9.90. The van der Waals surface area contributed by atoms with Crippen LogP contribution in [0, 0.1) is 0 Å². The number of nitrogens with one attached hydrogen (secondary N) is 2. The summed E-state index contributed by atoms with van der Waals surface area (Å²) in [5.74, 6) is -0.401. The number of benzene rings is 2. The maximum Gasteiger partial charge on any atom is 0.257 e. The van der Waals surface area contributed by atoms with E-state index < -0.39 is 0 Å². The van der Waals surface area contributed by atoms with Crippen molar-refractivity contribution in [3.63, 3.8) is 0 Å². The van der Waals surface area contributed by atoms with E-state index in [9.17, 15) is 9.59 Å². The Balaban J connectivity index is 1.40. The molecule has 2 amide bonds. The molecule has 4 rings (SSSR count). The van der Waals surface area contributed by atoms with Crippen molar-refractivity contribution in [1.29, 1.82) is 0 Å². The Morgan fingerprint density at radius 1 is 1.03 bits per heavy atom. The van der Waals surface area contributed by atoms with E-state index in [1.54, 1.807) is 12.1 Å². The van der Waals surface area contributed by atoms with Gasteiger partial charge in [-0.15, -0.1) is 11.3 Å². The highest BCUT2D eigenvalue weighted by molar-refractivity contribution is 7.15. The molecule has 3 aromatic rings. The molecule has 29 heavy (non-hydrogen) atoms. The minimum Gasteiger partial charge on any atom is -0.355 e. The van der Waals surface area contributed by atoms with Crippen LogP contribution in [0.5, 0.6) is 0 Å². The van der Waals surface area contributed by atoms with E-state index in [1.807, 2.05) is 36.4 Å². The predicted molar refractivity (Wildman–Crippen MR) is 115 cm³/mol. The number of aromatic nitrogens is 1. The summed E-state index contributed by atoms with van der Waals surface area (Å²) in [6.07, 6.45) is 3.46. The maximum atomic E-state index is 12.8. The van der Waals surface area contributed by atoms with Crippen molar-refractivity contribution >= 4 is 28.3 Å². The zero-order chi connectivity index (χ0) is 20.1. The molecule has 0 bridgehead atoms. The first-order chi connectivity index (χ1) is 14.2. The number of carbonyl (C=O) groups excluding carboxylic acids is 2. The Labute approximate surface area is 174 Å². The molecule has 0 saturated heterocycles. The number of rotatable bonds is 6. The van der Waals surface area contributed by atoms with Crippen LogP contribution in [0.15, 0.2) is 60.7 Å². The van der Waals surface area contributed by atoms with E-state index >= 15 is 0 Å². The van der Waals surface area contributed by atoms with Crippen molar-refractivity contribution in [1.82, 2.24) is 10.3 Å². The van der Waals surface area contributed by atoms with Gasteiger partial charge in [-0.1, -0.05) is 48.5 Å². The van der Waals surface area contributed by atoms with E-state index in [0.29, 0.717) is 17.2 Å². The molecular weight excluding hydrogens is 382 g/mol. The van der Waals surface area contributed by atoms with E-state index in [1.165, 1.54) is 16.9 Å². The highest BCUT2D eigenvalue weighted by atomic mass is 32.1. The van der Waals surface area contributed by atoms with Crippen LogP contribution in [-0.4, -0.2) is 23.3 Å². The molecule has 0 spiro atoms. The van der Waals surface area contributed by atoms with Gasteiger partial charge in [0.05, 0.1) is 11.6 Å². The van der Waals surface area contributed by atoms with Crippen molar-refractivity contribution in [2.24, 2.45) is 0 Å². The number of nitrogens with zero attached hydrogens (tertiary/aromatic N) is 1. The fourth-order valence-corrected chi connectivity index (χ4v) is 4.64. The lowest BCUT2D eigenvalue weighted by Crippen LogP contribution is -2.32. The molecule has 0 aliphatic heterocycles. The molecule has 0 fully saturated rings. The van der Waals surface area contributed by atoms with Crippen LogP contribution in [0.2, 0.25) is 0 Å². The van der Waals surface area contributed by atoms with Crippen LogP contribution in [0.3, 0.4) is 0 Å². The molecule has 148 valence electrons. The largest absolute Gasteiger partial charge is 0.355 e. The van der Waals surface area contributed by atoms with Gasteiger partial charge in [-0.25, -0.2) is 4.98 Å². The van der Waals surface area contributed by atoms with E-state index in [0.717, 1.165) is 36.3 Å². The fraction of sp³-hybridized carbons (Fsp3) is 0.261. The van der Waals surface area contributed by atoms with Crippen LogP contribution in [0.4, 0.5) is 5.13 Å². The molecule has 1 atom stereocenters. The highest BCUT2D eigenvalue weighted by Crippen LogP contribution is 2.37. The molecule has 0 radical (unpaired) electrons. The number of hydrogen-bond acceptors (Lipinski definition) is 4. The van der Waals surface area contributed by atoms with Crippen LogP contribution in [0.1, 0.15) is 45.3 Å². The third-order valence-electron chi connectivity index (χ3n) is 5.08. The van der Waals surface area contributed by atoms with Crippen LogP contribution >= 0.6 is 11.3 Å². The van der Waals surface area contributed by atoms with Gasteiger partial charge in [0, 0.05) is 17.0 Å². The van der Waals surface area contributed by atoms with Crippen LogP contribution < -0.4 is 10.6 Å². The Kier molecular flexibility index (Phi) is 6.00. The lowest BCUT2D eigenvalue weighted by Gasteiger charge is -2.20. The third-order valence-corrected chi connectivity index (χ3v) is 6.13. The Morgan fingerprint density at radius 3 is 2.52 bits per heavy atom. The van der Waals surface area contributed by atoms with Gasteiger partial charge in [0.15, 0.2) is 5.13 Å². The topological polar surface area (TPSA) is 71.1 Å². The zero-order valence-electron chi connectivity index (χ0n) is 16.1. The minimum atomic E-state index is -0.242. The summed E-state index contributed by atoms with van der Waals surface area (Å²) in [6, 6.07) is 19.2. The van der Waals surface area contributed by atoms with Gasteiger partial charge in [0.1, 0.15) is 0 Å². The SMILES string of the molecule is O=C(Nc1nc2c(s1)CCCC2C(=O)NCCc1ccccc1)c1ccccc1. The van der Waals surface area contributed by atoms with Gasteiger partial charge in [0.2, 0.25) is 5.91 Å². The van der Waals surface area contributed by atoms with E-state index in [2.05, 4.69) is 27.8 Å². The second-order valence-electron chi connectivity index (χ2n) is 7.12. The van der Waals surface area contributed by atoms with Gasteiger partial charge in [-0.05, 0) is 43.4 Å². The number of carbonyl (C=O) groups is 2. The summed E-state index contributed by atoms with van der Waals surface area (Å²) in [5.41, 5.74) is 2.62. The average Bonchev–Trinajstić information content (AvgIpc) is 3.17. The smallest absolute Gasteiger partial charge is 0.257 e. The van der Waals surface area contributed by atoms with Crippen molar-refractivity contribution in [2.45, 2.75) is 31.6 Å². The Bertz CT molecular complexity index is 986. The normalized spacial score (nSPS) is 15.4. The molecule has 1 aliphatic rings. The van der Waals surface area contributed by atoms with Crippen molar-refractivity contribution in [2.75, 3.05) is 11.9 Å². The summed E-state index contributed by atoms with van der Waals surface area (Å²) >= 11 is 1.48. The number of hydrogen-bond donors (Lipinski definition) is 2. The Hall–Kier alpha value is -2.99. The minimum absolute atomic E-state index is 0.0214. The monoisotopic (exact) mass is 405 g/mol. The summed E-state index contributed by atoms with van der Waals surface area (Å²) in [4.78, 5) is 30.9. The fourth-order valence-electron chi connectivity index (χ4n) is 3.58. The van der Waals surface area contributed by atoms with Crippen molar-refractivity contribution in [3.05, 3.63) is 82.4 Å². The van der Waals surface area contributed by atoms with Crippen molar-refractivity contribution < 1.29 is 9.59 Å². The summed E-state index contributed by atoms with van der Waals surface area (Å²) in [7, 11) is 0. The first-order valence-corrected chi connectivity index (χ1v) is 10.7. The van der Waals surface area contributed by atoms with Crippen LogP contribution in [0.25, 0.3) is 0 Å². The summed E-state index contributed by atoms with van der Waals surface area (Å²) < 4.78 is 0.